The summed E-state index contributed by atoms with van der Waals surface area (Å²) < 4.78 is 12.1. The molecule has 2 aliphatic heterocycles. The van der Waals surface area contributed by atoms with Crippen LogP contribution in [0.15, 0.2) is 59.0 Å². The summed E-state index contributed by atoms with van der Waals surface area (Å²) in [5, 5.41) is 0. The Morgan fingerprint density at radius 1 is 1.03 bits per heavy atom. The first-order valence-corrected chi connectivity index (χ1v) is 11.0. The second-order valence-corrected chi connectivity index (χ2v) is 8.23. The second-order valence-electron chi connectivity index (χ2n) is 8.23. The smallest absolute Gasteiger partial charge is 0.265 e. The van der Waals surface area contributed by atoms with Crippen molar-refractivity contribution in [3.63, 3.8) is 0 Å². The average Bonchev–Trinajstić information content (AvgIpc) is 3.19. The number of para-hydroxylation sites is 2. The van der Waals surface area contributed by atoms with Gasteiger partial charge in [-0.05, 0) is 50.5 Å². The minimum Gasteiger partial charge on any atom is -0.477 e. The van der Waals surface area contributed by atoms with Crippen molar-refractivity contribution in [3.8, 4) is 17.2 Å². The Hall–Kier alpha value is -3.28. The van der Waals surface area contributed by atoms with E-state index in [1.807, 2.05) is 66.4 Å². The summed E-state index contributed by atoms with van der Waals surface area (Å²) in [5.41, 5.74) is 2.81. The van der Waals surface area contributed by atoms with Crippen molar-refractivity contribution in [2.24, 2.45) is 0 Å². The third-order valence-electron chi connectivity index (χ3n) is 6.06. The zero-order chi connectivity index (χ0) is 21.2. The summed E-state index contributed by atoms with van der Waals surface area (Å²) in [4.78, 5) is 22.1. The molecule has 0 bridgehead atoms. The Morgan fingerprint density at radius 2 is 1.77 bits per heavy atom. The van der Waals surface area contributed by atoms with E-state index in [9.17, 15) is 4.79 Å². The van der Waals surface area contributed by atoms with E-state index in [4.69, 9.17) is 14.1 Å². The molecule has 1 fully saturated rings. The number of benzene rings is 2. The summed E-state index contributed by atoms with van der Waals surface area (Å²) in [6.07, 6.45) is 2.83. The fourth-order valence-electron chi connectivity index (χ4n) is 4.36. The number of nitrogens with zero attached hydrogens (tertiary/aromatic N) is 3. The van der Waals surface area contributed by atoms with E-state index in [0.29, 0.717) is 19.0 Å². The van der Waals surface area contributed by atoms with E-state index in [1.54, 1.807) is 0 Å². The maximum absolute atomic E-state index is 13.2. The molecule has 2 aliphatic rings. The molecule has 3 heterocycles. The molecule has 0 radical (unpaired) electrons. The molecular weight excluding hydrogens is 390 g/mol. The van der Waals surface area contributed by atoms with Gasteiger partial charge in [-0.25, -0.2) is 4.98 Å². The Bertz CT molecular complexity index is 1060. The number of piperidine rings is 1. The van der Waals surface area contributed by atoms with Crippen molar-refractivity contribution in [1.82, 2.24) is 9.88 Å². The zero-order valence-corrected chi connectivity index (χ0v) is 17.8. The SMILES string of the molecule is Cc1oc(-c2ccccc2)nc1CN1C[C@H](C(=O)N2CCCCC2)Oc2ccccc21. The topological polar surface area (TPSA) is 58.8 Å². The highest BCUT2D eigenvalue weighted by Crippen LogP contribution is 2.35. The van der Waals surface area contributed by atoms with Crippen molar-refractivity contribution < 1.29 is 13.9 Å². The molecule has 3 aromatic rings. The molecule has 1 aromatic heterocycles. The van der Waals surface area contributed by atoms with Gasteiger partial charge in [-0.1, -0.05) is 30.3 Å². The van der Waals surface area contributed by atoms with E-state index in [0.717, 1.165) is 54.4 Å². The summed E-state index contributed by atoms with van der Waals surface area (Å²) in [7, 11) is 0. The molecule has 0 unspecified atom stereocenters. The number of ether oxygens (including phenoxy) is 1. The lowest BCUT2D eigenvalue weighted by Crippen LogP contribution is -2.51. The second kappa shape index (κ2) is 8.46. The van der Waals surface area contributed by atoms with Gasteiger partial charge in [0, 0.05) is 18.7 Å². The number of hydrogen-bond acceptors (Lipinski definition) is 5. The quantitative estimate of drug-likeness (QED) is 0.629. The molecule has 6 heteroatoms. The van der Waals surface area contributed by atoms with E-state index in [1.165, 1.54) is 6.42 Å². The van der Waals surface area contributed by atoms with Gasteiger partial charge in [0.1, 0.15) is 17.2 Å². The number of rotatable bonds is 4. The standard InChI is InChI=1S/C25H27N3O3/c1-18-20(26-24(30-18)19-10-4-2-5-11-19)16-28-17-23(25(29)27-14-8-3-9-15-27)31-22-13-7-6-12-21(22)28/h2,4-7,10-13,23H,3,8-9,14-17H2,1H3/t23-/m1/s1. The van der Waals surface area contributed by atoms with Gasteiger partial charge in [-0.15, -0.1) is 0 Å². The number of aromatic nitrogens is 1. The van der Waals surface area contributed by atoms with Crippen LogP contribution in [-0.4, -0.2) is 41.5 Å². The normalized spacial score (nSPS) is 18.4. The summed E-state index contributed by atoms with van der Waals surface area (Å²) >= 11 is 0. The number of hydrogen-bond donors (Lipinski definition) is 0. The molecule has 1 saturated heterocycles. The van der Waals surface area contributed by atoms with Crippen LogP contribution in [0.5, 0.6) is 5.75 Å². The van der Waals surface area contributed by atoms with Gasteiger partial charge in [-0.3, -0.25) is 4.79 Å². The van der Waals surface area contributed by atoms with Gasteiger partial charge in [0.05, 0.1) is 18.8 Å². The molecule has 160 valence electrons. The molecule has 1 atom stereocenters. The summed E-state index contributed by atoms with van der Waals surface area (Å²) in [5.74, 6) is 2.24. The number of fused-ring (bicyclic) bond motifs is 1. The lowest BCUT2D eigenvalue weighted by molar-refractivity contribution is -0.139. The first-order chi connectivity index (χ1) is 15.2. The first kappa shape index (κ1) is 19.7. The highest BCUT2D eigenvalue weighted by atomic mass is 16.5. The Morgan fingerprint density at radius 3 is 2.58 bits per heavy atom. The third-order valence-corrected chi connectivity index (χ3v) is 6.06. The highest BCUT2D eigenvalue weighted by molar-refractivity contribution is 5.83. The predicted octanol–water partition coefficient (Wildman–Crippen LogP) is 4.43. The van der Waals surface area contributed by atoms with Crippen LogP contribution >= 0.6 is 0 Å². The number of aryl methyl sites for hydroxylation is 1. The van der Waals surface area contributed by atoms with Crippen molar-refractivity contribution in [2.45, 2.75) is 38.8 Å². The Kier molecular flexibility index (Phi) is 5.37. The highest BCUT2D eigenvalue weighted by Gasteiger charge is 2.34. The third kappa shape index (κ3) is 4.02. The van der Waals surface area contributed by atoms with Crippen LogP contribution in [0.25, 0.3) is 11.5 Å². The van der Waals surface area contributed by atoms with E-state index < -0.39 is 6.10 Å². The largest absolute Gasteiger partial charge is 0.477 e. The van der Waals surface area contributed by atoms with Gasteiger partial charge < -0.3 is 19.0 Å². The number of anilines is 1. The summed E-state index contributed by atoms with van der Waals surface area (Å²) in [6, 6.07) is 17.8. The number of carbonyl (C=O) groups excluding carboxylic acids is 1. The van der Waals surface area contributed by atoms with Crippen molar-refractivity contribution in [2.75, 3.05) is 24.5 Å². The van der Waals surface area contributed by atoms with Crippen LogP contribution in [0.1, 0.15) is 30.7 Å². The van der Waals surface area contributed by atoms with Crippen LogP contribution in [0.2, 0.25) is 0 Å². The van der Waals surface area contributed by atoms with Crippen molar-refractivity contribution >= 4 is 11.6 Å². The lowest BCUT2D eigenvalue weighted by atomic mass is 10.1. The molecule has 0 spiro atoms. The first-order valence-electron chi connectivity index (χ1n) is 11.0. The van der Waals surface area contributed by atoms with E-state index in [-0.39, 0.29) is 5.91 Å². The zero-order valence-electron chi connectivity index (χ0n) is 17.8. The molecule has 0 saturated carbocycles. The van der Waals surface area contributed by atoms with Gasteiger partial charge in [0.2, 0.25) is 5.89 Å². The monoisotopic (exact) mass is 417 g/mol. The van der Waals surface area contributed by atoms with E-state index >= 15 is 0 Å². The Labute approximate surface area is 182 Å². The van der Waals surface area contributed by atoms with Crippen molar-refractivity contribution in [1.29, 1.82) is 0 Å². The minimum absolute atomic E-state index is 0.0843. The average molecular weight is 418 g/mol. The maximum Gasteiger partial charge on any atom is 0.265 e. The fourth-order valence-corrected chi connectivity index (χ4v) is 4.36. The van der Waals surface area contributed by atoms with Crippen LogP contribution in [-0.2, 0) is 11.3 Å². The summed E-state index contributed by atoms with van der Waals surface area (Å²) in [6.45, 7) is 4.65. The molecule has 0 N–H and O–H groups in total. The molecule has 1 amide bonds. The van der Waals surface area contributed by atoms with Gasteiger partial charge in [0.15, 0.2) is 6.10 Å². The number of likely N-dealkylation sites (tertiary alicyclic amines) is 1. The van der Waals surface area contributed by atoms with Crippen LogP contribution in [0.3, 0.4) is 0 Å². The molecule has 31 heavy (non-hydrogen) atoms. The lowest BCUT2D eigenvalue weighted by Gasteiger charge is -2.38. The molecular formula is C25H27N3O3. The van der Waals surface area contributed by atoms with Gasteiger partial charge in [0.25, 0.3) is 5.91 Å². The number of amides is 1. The number of carbonyl (C=O) groups is 1. The van der Waals surface area contributed by atoms with Crippen molar-refractivity contribution in [3.05, 3.63) is 66.1 Å². The fraction of sp³-hybridized carbons (Fsp3) is 0.360. The van der Waals surface area contributed by atoms with Crippen LogP contribution in [0, 0.1) is 6.92 Å². The molecule has 6 nitrogen and oxygen atoms in total. The van der Waals surface area contributed by atoms with E-state index in [2.05, 4.69) is 4.90 Å². The maximum atomic E-state index is 13.2. The minimum atomic E-state index is -0.506. The molecule has 5 rings (SSSR count). The Balaban J connectivity index is 1.40. The van der Waals surface area contributed by atoms with Crippen LogP contribution in [0.4, 0.5) is 5.69 Å². The molecule has 2 aromatic carbocycles. The predicted molar refractivity (Wildman–Crippen MR) is 119 cm³/mol. The van der Waals surface area contributed by atoms with Crippen LogP contribution < -0.4 is 9.64 Å². The van der Waals surface area contributed by atoms with Gasteiger partial charge >= 0.3 is 0 Å². The molecule has 0 aliphatic carbocycles. The number of oxazole rings is 1. The van der Waals surface area contributed by atoms with Gasteiger partial charge in [-0.2, -0.15) is 0 Å².